The number of aliphatic hydroxyl groups excluding tert-OH is 1. The number of amides is 1. The number of furan rings is 1. The smallest absolute Gasteiger partial charge is 0.293 e. The molecule has 1 unspecified atom stereocenters. The highest BCUT2D eigenvalue weighted by molar-refractivity contribution is 9.10. The van der Waals surface area contributed by atoms with E-state index in [0.29, 0.717) is 4.67 Å². The lowest BCUT2D eigenvalue weighted by Gasteiger charge is -2.09. The highest BCUT2D eigenvalue weighted by Crippen LogP contribution is 2.13. The third kappa shape index (κ3) is 4.30. The minimum absolute atomic E-state index is 0.151. The van der Waals surface area contributed by atoms with Gasteiger partial charge in [-0.25, -0.2) is 0 Å². The summed E-state index contributed by atoms with van der Waals surface area (Å²) in [6.07, 6.45) is -0.535. The van der Waals surface area contributed by atoms with Crippen molar-refractivity contribution in [1.82, 2.24) is 10.6 Å². The van der Waals surface area contributed by atoms with Crippen LogP contribution in [0.5, 0.6) is 0 Å². The lowest BCUT2D eigenvalue weighted by molar-refractivity contribution is 0.0947. The summed E-state index contributed by atoms with van der Waals surface area (Å²) >= 11 is 7.94. The van der Waals surface area contributed by atoms with Crippen molar-refractivity contribution in [3.05, 3.63) is 22.6 Å². The van der Waals surface area contributed by atoms with Gasteiger partial charge in [-0.2, -0.15) is 0 Å². The van der Waals surface area contributed by atoms with Gasteiger partial charge in [-0.3, -0.25) is 10.1 Å². The van der Waals surface area contributed by atoms with Gasteiger partial charge in [0.1, 0.15) is 0 Å². The van der Waals surface area contributed by atoms with E-state index in [4.69, 9.17) is 21.7 Å². The van der Waals surface area contributed by atoms with Crippen LogP contribution >= 0.6 is 28.1 Å². The molecule has 1 rings (SSSR count). The van der Waals surface area contributed by atoms with Crippen LogP contribution in [0, 0.1) is 0 Å². The number of aliphatic hydroxyl groups is 1. The van der Waals surface area contributed by atoms with Crippen molar-refractivity contribution in [3.63, 3.8) is 0 Å². The molecule has 0 bridgehead atoms. The second-order valence-electron chi connectivity index (χ2n) is 3.12. The molecule has 16 heavy (non-hydrogen) atoms. The number of nitrogens with one attached hydrogen (secondary N) is 2. The largest absolute Gasteiger partial charge is 0.444 e. The summed E-state index contributed by atoms with van der Waals surface area (Å²) in [7, 11) is 0. The second-order valence-corrected chi connectivity index (χ2v) is 4.31. The molecule has 1 atom stereocenters. The number of hydrogen-bond donors (Lipinski definition) is 3. The van der Waals surface area contributed by atoms with Crippen molar-refractivity contribution in [2.75, 3.05) is 6.54 Å². The Morgan fingerprint density at radius 1 is 1.69 bits per heavy atom. The fourth-order valence-electron chi connectivity index (χ4n) is 0.886. The number of thiocarbonyl (C=S) groups is 1. The first-order valence-corrected chi connectivity index (χ1v) is 5.71. The molecule has 1 heterocycles. The van der Waals surface area contributed by atoms with E-state index in [1.807, 2.05) is 0 Å². The standard InChI is InChI=1S/C9H11BrN2O3S/c1-5(13)4-11-9(16)12-8(14)6-2-3-7(10)15-6/h2-3,5,13H,4H2,1H3,(H2,11,12,14,16). The van der Waals surface area contributed by atoms with Crippen LogP contribution in [0.2, 0.25) is 0 Å². The fraction of sp³-hybridized carbons (Fsp3) is 0.333. The van der Waals surface area contributed by atoms with Gasteiger partial charge in [0.25, 0.3) is 5.91 Å². The molecule has 0 radical (unpaired) electrons. The van der Waals surface area contributed by atoms with Gasteiger partial charge in [0.2, 0.25) is 0 Å². The van der Waals surface area contributed by atoms with Gasteiger partial charge in [-0.15, -0.1) is 0 Å². The van der Waals surface area contributed by atoms with E-state index in [1.165, 1.54) is 6.07 Å². The quantitative estimate of drug-likeness (QED) is 0.727. The summed E-state index contributed by atoms with van der Waals surface area (Å²) < 4.78 is 5.51. The van der Waals surface area contributed by atoms with Crippen molar-refractivity contribution in [2.24, 2.45) is 0 Å². The van der Waals surface area contributed by atoms with Gasteiger partial charge in [0, 0.05) is 6.54 Å². The summed E-state index contributed by atoms with van der Waals surface area (Å²) in [5.74, 6) is -0.276. The van der Waals surface area contributed by atoms with Crippen molar-refractivity contribution in [1.29, 1.82) is 0 Å². The average Bonchev–Trinajstić information content (AvgIpc) is 2.62. The van der Waals surface area contributed by atoms with E-state index in [1.54, 1.807) is 13.0 Å². The minimum Gasteiger partial charge on any atom is -0.444 e. The second kappa shape index (κ2) is 5.97. The first kappa shape index (κ1) is 13.1. The van der Waals surface area contributed by atoms with Gasteiger partial charge >= 0.3 is 0 Å². The molecule has 0 spiro atoms. The number of rotatable bonds is 3. The maximum atomic E-state index is 11.5. The van der Waals surface area contributed by atoms with Crippen LogP contribution in [-0.2, 0) is 0 Å². The lowest BCUT2D eigenvalue weighted by Crippen LogP contribution is -2.41. The number of halogens is 1. The summed E-state index contributed by atoms with van der Waals surface area (Å²) in [5, 5.41) is 14.3. The van der Waals surface area contributed by atoms with Crippen LogP contribution in [0.3, 0.4) is 0 Å². The molecule has 0 aliphatic heterocycles. The molecule has 0 saturated heterocycles. The van der Waals surface area contributed by atoms with Crippen LogP contribution in [0.25, 0.3) is 0 Å². The molecule has 7 heteroatoms. The lowest BCUT2D eigenvalue weighted by atomic mass is 10.4. The Balaban J connectivity index is 2.43. The van der Waals surface area contributed by atoms with Crippen LogP contribution in [-0.4, -0.2) is 28.8 Å². The van der Waals surface area contributed by atoms with Gasteiger partial charge in [0.15, 0.2) is 15.5 Å². The summed E-state index contributed by atoms with van der Waals surface area (Å²) in [5.41, 5.74) is 0. The van der Waals surface area contributed by atoms with Crippen LogP contribution in [0.4, 0.5) is 0 Å². The van der Waals surface area contributed by atoms with Crippen LogP contribution < -0.4 is 10.6 Å². The zero-order chi connectivity index (χ0) is 12.1. The van der Waals surface area contributed by atoms with E-state index in [2.05, 4.69) is 26.6 Å². The molecule has 0 aromatic carbocycles. The molecule has 0 saturated carbocycles. The molecule has 88 valence electrons. The van der Waals surface area contributed by atoms with E-state index in [0.717, 1.165) is 0 Å². The average molecular weight is 307 g/mol. The monoisotopic (exact) mass is 306 g/mol. The van der Waals surface area contributed by atoms with Crippen LogP contribution in [0.15, 0.2) is 21.2 Å². The van der Waals surface area contributed by atoms with Crippen molar-refractivity contribution >= 4 is 39.2 Å². The third-order valence-corrected chi connectivity index (χ3v) is 2.25. The van der Waals surface area contributed by atoms with Crippen molar-refractivity contribution in [3.8, 4) is 0 Å². The number of hydrogen-bond acceptors (Lipinski definition) is 4. The van der Waals surface area contributed by atoms with E-state index < -0.39 is 12.0 Å². The maximum Gasteiger partial charge on any atom is 0.293 e. The normalized spacial score (nSPS) is 11.9. The molecule has 0 fully saturated rings. The Bertz CT molecular complexity index is 392. The molecule has 3 N–H and O–H groups in total. The molecule has 5 nitrogen and oxygen atoms in total. The Morgan fingerprint density at radius 3 is 2.88 bits per heavy atom. The number of carbonyl (C=O) groups is 1. The summed E-state index contributed by atoms with van der Waals surface area (Å²) in [6.45, 7) is 1.89. The topological polar surface area (TPSA) is 74.5 Å². The maximum absolute atomic E-state index is 11.5. The molecule has 0 aliphatic rings. The molecular weight excluding hydrogens is 296 g/mol. The summed E-state index contributed by atoms with van der Waals surface area (Å²) in [6, 6.07) is 3.14. The molecular formula is C9H11BrN2O3S. The first-order valence-electron chi connectivity index (χ1n) is 4.51. The van der Waals surface area contributed by atoms with E-state index >= 15 is 0 Å². The number of carbonyl (C=O) groups excluding carboxylic acids is 1. The molecule has 0 aliphatic carbocycles. The molecule has 1 aromatic rings. The third-order valence-electron chi connectivity index (χ3n) is 1.58. The van der Waals surface area contributed by atoms with E-state index in [-0.39, 0.29) is 17.4 Å². The van der Waals surface area contributed by atoms with Crippen molar-refractivity contribution in [2.45, 2.75) is 13.0 Å². The van der Waals surface area contributed by atoms with Crippen LogP contribution in [0.1, 0.15) is 17.5 Å². The van der Waals surface area contributed by atoms with Gasteiger partial charge < -0.3 is 14.8 Å². The van der Waals surface area contributed by atoms with Crippen molar-refractivity contribution < 1.29 is 14.3 Å². The Labute approximate surface area is 106 Å². The predicted molar refractivity (Wildman–Crippen MR) is 66.2 cm³/mol. The highest BCUT2D eigenvalue weighted by atomic mass is 79.9. The molecule has 1 aromatic heterocycles. The first-order chi connectivity index (χ1) is 7.49. The molecule has 1 amide bonds. The van der Waals surface area contributed by atoms with E-state index in [9.17, 15) is 4.79 Å². The Kier molecular flexibility index (Phi) is 4.91. The van der Waals surface area contributed by atoms with Gasteiger partial charge in [0.05, 0.1) is 6.10 Å². The van der Waals surface area contributed by atoms with Gasteiger partial charge in [-0.1, -0.05) is 0 Å². The zero-order valence-corrected chi connectivity index (χ0v) is 10.9. The SMILES string of the molecule is CC(O)CNC(=S)NC(=O)c1ccc(Br)o1. The predicted octanol–water partition coefficient (Wildman–Crippen LogP) is 1.03. The zero-order valence-electron chi connectivity index (χ0n) is 8.49. The summed E-state index contributed by atoms with van der Waals surface area (Å²) in [4.78, 5) is 11.5. The Hall–Kier alpha value is -0.920. The van der Waals surface area contributed by atoms with Gasteiger partial charge in [-0.05, 0) is 47.2 Å². The minimum atomic E-state index is -0.535. The Morgan fingerprint density at radius 2 is 2.38 bits per heavy atom. The highest BCUT2D eigenvalue weighted by Gasteiger charge is 2.11. The fourth-order valence-corrected chi connectivity index (χ4v) is 1.37.